The van der Waals surface area contributed by atoms with Gasteiger partial charge < -0.3 is 4.90 Å². The maximum absolute atomic E-state index is 2.35. The molecule has 0 aromatic heterocycles. The molecule has 1 nitrogen and oxygen atoms in total. The first-order valence-corrected chi connectivity index (χ1v) is 4.58. The van der Waals surface area contributed by atoms with Crippen LogP contribution in [0.4, 0.5) is 5.69 Å². The molecule has 0 spiro atoms. The van der Waals surface area contributed by atoms with Crippen LogP contribution < -0.4 is 4.90 Å². The second-order valence-electron chi connectivity index (χ2n) is 3.66. The molecule has 1 heterocycles. The summed E-state index contributed by atoms with van der Waals surface area (Å²) >= 11 is 0. The molecule has 0 aliphatic carbocycles. The lowest BCUT2D eigenvalue weighted by atomic mass is 10.0. The molecule has 0 saturated carbocycles. The first-order chi connectivity index (χ1) is 5.77. The molecular weight excluding hydrogens is 182 g/mol. The summed E-state index contributed by atoms with van der Waals surface area (Å²) in [6.07, 6.45) is 2.55. The maximum atomic E-state index is 2.35. The Bertz CT molecular complexity index is 296. The first kappa shape index (κ1) is 10.4. The van der Waals surface area contributed by atoms with E-state index in [2.05, 4.69) is 37.1 Å². The van der Waals surface area contributed by atoms with E-state index in [1.807, 2.05) is 0 Å². The smallest absolute Gasteiger partial charge is 0.0396 e. The van der Waals surface area contributed by atoms with Gasteiger partial charge in [0.1, 0.15) is 0 Å². The highest BCUT2D eigenvalue weighted by Crippen LogP contribution is 2.26. The predicted octanol–water partition coefficient (Wildman–Crippen LogP) is 2.80. The van der Waals surface area contributed by atoms with Crippen molar-refractivity contribution >= 4 is 18.1 Å². The molecule has 0 atom stereocenters. The normalized spacial score (nSPS) is 14.8. The van der Waals surface area contributed by atoms with Crippen molar-refractivity contribution in [2.45, 2.75) is 19.8 Å². The van der Waals surface area contributed by atoms with Crippen molar-refractivity contribution in [3.05, 3.63) is 29.3 Å². The SMILES string of the molecule is Cc1ccc2c(c1)CCCN2C.Cl. The number of aryl methyl sites for hydroxylation is 2. The molecule has 72 valence electrons. The summed E-state index contributed by atoms with van der Waals surface area (Å²) < 4.78 is 0. The molecule has 2 heteroatoms. The third kappa shape index (κ3) is 1.97. The topological polar surface area (TPSA) is 3.24 Å². The zero-order valence-electron chi connectivity index (χ0n) is 8.21. The Kier molecular flexibility index (Phi) is 3.21. The number of rotatable bonds is 0. The molecule has 0 radical (unpaired) electrons. The van der Waals surface area contributed by atoms with Gasteiger partial charge in [0.2, 0.25) is 0 Å². The summed E-state index contributed by atoms with van der Waals surface area (Å²) in [7, 11) is 2.17. The van der Waals surface area contributed by atoms with Crippen molar-refractivity contribution in [3.8, 4) is 0 Å². The van der Waals surface area contributed by atoms with Crippen molar-refractivity contribution in [2.24, 2.45) is 0 Å². The molecule has 1 aliphatic heterocycles. The third-order valence-electron chi connectivity index (χ3n) is 2.59. The van der Waals surface area contributed by atoms with E-state index in [0.717, 1.165) is 0 Å². The van der Waals surface area contributed by atoms with Crippen LogP contribution in [0.1, 0.15) is 17.5 Å². The number of anilines is 1. The van der Waals surface area contributed by atoms with Crippen molar-refractivity contribution in [1.82, 2.24) is 0 Å². The molecule has 0 amide bonds. The lowest BCUT2D eigenvalue weighted by Crippen LogP contribution is -2.24. The van der Waals surface area contributed by atoms with Crippen molar-refractivity contribution in [1.29, 1.82) is 0 Å². The molecule has 0 saturated heterocycles. The Morgan fingerprint density at radius 2 is 2.08 bits per heavy atom. The quantitative estimate of drug-likeness (QED) is 0.618. The fourth-order valence-corrected chi connectivity index (χ4v) is 1.91. The van der Waals surface area contributed by atoms with Gasteiger partial charge in [0.15, 0.2) is 0 Å². The van der Waals surface area contributed by atoms with Crippen LogP contribution in [0.5, 0.6) is 0 Å². The van der Waals surface area contributed by atoms with Gasteiger partial charge in [0.05, 0.1) is 0 Å². The third-order valence-corrected chi connectivity index (χ3v) is 2.59. The molecule has 13 heavy (non-hydrogen) atoms. The fourth-order valence-electron chi connectivity index (χ4n) is 1.91. The molecule has 0 N–H and O–H groups in total. The van der Waals surface area contributed by atoms with Gasteiger partial charge in [-0.15, -0.1) is 12.4 Å². The summed E-state index contributed by atoms with van der Waals surface area (Å²) in [5, 5.41) is 0. The molecule has 2 rings (SSSR count). The molecule has 1 aromatic carbocycles. The van der Waals surface area contributed by atoms with Gasteiger partial charge in [-0.25, -0.2) is 0 Å². The van der Waals surface area contributed by atoms with Crippen LogP contribution in [0.3, 0.4) is 0 Å². The zero-order valence-corrected chi connectivity index (χ0v) is 9.03. The number of fused-ring (bicyclic) bond motifs is 1. The van der Waals surface area contributed by atoms with E-state index in [4.69, 9.17) is 0 Å². The van der Waals surface area contributed by atoms with Gasteiger partial charge in [0.25, 0.3) is 0 Å². The van der Waals surface area contributed by atoms with Crippen molar-refractivity contribution < 1.29 is 0 Å². The van der Waals surface area contributed by atoms with E-state index < -0.39 is 0 Å². The monoisotopic (exact) mass is 197 g/mol. The lowest BCUT2D eigenvalue weighted by Gasteiger charge is -2.27. The summed E-state index contributed by atoms with van der Waals surface area (Å²) in [4.78, 5) is 2.35. The number of benzene rings is 1. The van der Waals surface area contributed by atoms with E-state index in [0.29, 0.717) is 0 Å². The Morgan fingerprint density at radius 3 is 2.85 bits per heavy atom. The standard InChI is InChI=1S/C11H15N.ClH/c1-9-5-6-11-10(8-9)4-3-7-12(11)2;/h5-6,8H,3-4,7H2,1-2H3;1H. The van der Waals surface area contributed by atoms with Crippen LogP contribution >= 0.6 is 12.4 Å². The largest absolute Gasteiger partial charge is 0.374 e. The van der Waals surface area contributed by atoms with Gasteiger partial charge in [0, 0.05) is 19.3 Å². The summed E-state index contributed by atoms with van der Waals surface area (Å²) in [6.45, 7) is 3.37. The predicted molar refractivity (Wildman–Crippen MR) is 60.0 cm³/mol. The van der Waals surface area contributed by atoms with Crippen molar-refractivity contribution in [3.63, 3.8) is 0 Å². The average molecular weight is 198 g/mol. The molecule has 0 bridgehead atoms. The molecule has 1 aliphatic rings. The summed E-state index contributed by atoms with van der Waals surface area (Å²) in [5.41, 5.74) is 4.32. The van der Waals surface area contributed by atoms with E-state index in [1.165, 1.54) is 36.2 Å². The number of hydrogen-bond donors (Lipinski definition) is 0. The second kappa shape index (κ2) is 4.01. The minimum Gasteiger partial charge on any atom is -0.374 e. The average Bonchev–Trinajstić information content (AvgIpc) is 2.04. The molecule has 1 aromatic rings. The highest BCUT2D eigenvalue weighted by molar-refractivity contribution is 5.85. The number of halogens is 1. The Morgan fingerprint density at radius 1 is 1.31 bits per heavy atom. The Balaban J connectivity index is 0.000000845. The first-order valence-electron chi connectivity index (χ1n) is 4.58. The fraction of sp³-hybridized carbons (Fsp3) is 0.455. The minimum atomic E-state index is 0. The lowest BCUT2D eigenvalue weighted by molar-refractivity contribution is 0.744. The zero-order chi connectivity index (χ0) is 8.55. The molecule has 0 unspecified atom stereocenters. The summed E-state index contributed by atoms with van der Waals surface area (Å²) in [5.74, 6) is 0. The number of hydrogen-bond acceptors (Lipinski definition) is 1. The minimum absolute atomic E-state index is 0. The van der Waals surface area contributed by atoms with E-state index in [9.17, 15) is 0 Å². The van der Waals surface area contributed by atoms with Gasteiger partial charge in [-0.05, 0) is 31.4 Å². The van der Waals surface area contributed by atoms with Gasteiger partial charge in [-0.3, -0.25) is 0 Å². The second-order valence-corrected chi connectivity index (χ2v) is 3.66. The summed E-state index contributed by atoms with van der Waals surface area (Å²) in [6, 6.07) is 6.75. The highest BCUT2D eigenvalue weighted by Gasteiger charge is 2.12. The Labute approximate surface area is 86.2 Å². The Hall–Kier alpha value is -0.690. The van der Waals surface area contributed by atoms with Crippen LogP contribution in [0, 0.1) is 6.92 Å². The van der Waals surface area contributed by atoms with Crippen LogP contribution in [-0.2, 0) is 6.42 Å². The van der Waals surface area contributed by atoms with Gasteiger partial charge in [-0.1, -0.05) is 17.7 Å². The van der Waals surface area contributed by atoms with E-state index >= 15 is 0 Å². The maximum Gasteiger partial charge on any atom is 0.0396 e. The van der Waals surface area contributed by atoms with Gasteiger partial charge >= 0.3 is 0 Å². The van der Waals surface area contributed by atoms with Crippen LogP contribution in [-0.4, -0.2) is 13.6 Å². The highest BCUT2D eigenvalue weighted by atomic mass is 35.5. The van der Waals surface area contributed by atoms with Gasteiger partial charge in [-0.2, -0.15) is 0 Å². The van der Waals surface area contributed by atoms with Crippen LogP contribution in [0.15, 0.2) is 18.2 Å². The van der Waals surface area contributed by atoms with Crippen LogP contribution in [0.2, 0.25) is 0 Å². The number of nitrogens with zero attached hydrogens (tertiary/aromatic N) is 1. The van der Waals surface area contributed by atoms with Crippen molar-refractivity contribution in [2.75, 3.05) is 18.5 Å². The van der Waals surface area contributed by atoms with Crippen LogP contribution in [0.25, 0.3) is 0 Å². The molecular formula is C11H16ClN. The molecule has 0 fully saturated rings. The van der Waals surface area contributed by atoms with E-state index in [-0.39, 0.29) is 12.4 Å². The van der Waals surface area contributed by atoms with E-state index in [1.54, 1.807) is 0 Å².